The number of carbonyl (C=O) groups is 1. The molecule has 0 aliphatic carbocycles. The summed E-state index contributed by atoms with van der Waals surface area (Å²) in [5, 5.41) is 10.3. The Labute approximate surface area is 119 Å². The van der Waals surface area contributed by atoms with Crippen molar-refractivity contribution in [1.29, 1.82) is 0 Å². The van der Waals surface area contributed by atoms with Gasteiger partial charge in [0.1, 0.15) is 11.3 Å². The van der Waals surface area contributed by atoms with Gasteiger partial charge in [-0.15, -0.1) is 10.2 Å². The van der Waals surface area contributed by atoms with E-state index in [1.54, 1.807) is 36.9 Å². The van der Waals surface area contributed by atoms with Gasteiger partial charge >= 0.3 is 0 Å². The summed E-state index contributed by atoms with van der Waals surface area (Å²) in [6.45, 7) is 1.84. The third-order valence-electron chi connectivity index (χ3n) is 2.34. The number of aromatic nitrogens is 2. The Morgan fingerprint density at radius 3 is 2.74 bits per heavy atom. The summed E-state index contributed by atoms with van der Waals surface area (Å²) < 4.78 is 5.85. The first-order valence-corrected chi connectivity index (χ1v) is 7.32. The van der Waals surface area contributed by atoms with Crippen LogP contribution in [0.5, 0.6) is 5.75 Å². The lowest BCUT2D eigenvalue weighted by molar-refractivity contribution is -0.115. The lowest BCUT2D eigenvalue weighted by Gasteiger charge is -2.10. The second-order valence-electron chi connectivity index (χ2n) is 3.68. The fourth-order valence-corrected chi connectivity index (χ4v) is 2.96. The van der Waals surface area contributed by atoms with Gasteiger partial charge in [0.05, 0.1) is 12.4 Å². The van der Waals surface area contributed by atoms with E-state index in [1.165, 1.54) is 23.1 Å². The van der Waals surface area contributed by atoms with Crippen molar-refractivity contribution in [2.24, 2.45) is 0 Å². The molecule has 0 radical (unpaired) electrons. The van der Waals surface area contributed by atoms with Crippen LogP contribution in [0, 0.1) is 0 Å². The van der Waals surface area contributed by atoms with Gasteiger partial charge < -0.3 is 10.1 Å². The fraction of sp³-hybridized carbons (Fsp3) is 0.250. The molecule has 1 aromatic heterocycles. The second kappa shape index (κ2) is 6.53. The maximum Gasteiger partial charge on any atom is 0.237 e. The number of rotatable bonds is 5. The molecule has 19 heavy (non-hydrogen) atoms. The Bertz CT molecular complexity index is 528. The van der Waals surface area contributed by atoms with E-state index < -0.39 is 0 Å². The molecule has 1 heterocycles. The number of thioether (sulfide) groups is 1. The lowest BCUT2D eigenvalue weighted by atomic mass is 10.3. The molecule has 1 atom stereocenters. The standard InChI is InChI=1S/C12H13N3O2S2/c1-8(19-12-15-13-7-18-12)11(16)14-9-3-5-10(17-2)6-4-9/h3-8H,1-2H3,(H,14,16)/t8-/m1/s1. The molecular weight excluding hydrogens is 282 g/mol. The van der Waals surface area contributed by atoms with Gasteiger partial charge in [-0.3, -0.25) is 4.79 Å². The first kappa shape index (κ1) is 13.8. The van der Waals surface area contributed by atoms with Crippen LogP contribution in [0.25, 0.3) is 0 Å². The highest BCUT2D eigenvalue weighted by atomic mass is 32.2. The Kier molecular flexibility index (Phi) is 4.75. The van der Waals surface area contributed by atoms with Crippen molar-refractivity contribution in [1.82, 2.24) is 10.2 Å². The minimum absolute atomic E-state index is 0.0645. The molecule has 0 bridgehead atoms. The summed E-state index contributed by atoms with van der Waals surface area (Å²) in [4.78, 5) is 12.0. The quantitative estimate of drug-likeness (QED) is 0.859. The minimum Gasteiger partial charge on any atom is -0.497 e. The van der Waals surface area contributed by atoms with Crippen LogP contribution in [0.3, 0.4) is 0 Å². The van der Waals surface area contributed by atoms with E-state index in [0.717, 1.165) is 15.8 Å². The van der Waals surface area contributed by atoms with Gasteiger partial charge in [-0.2, -0.15) is 0 Å². The number of hydrogen-bond acceptors (Lipinski definition) is 6. The molecule has 1 aromatic carbocycles. The van der Waals surface area contributed by atoms with Gasteiger partial charge in [0, 0.05) is 5.69 Å². The van der Waals surface area contributed by atoms with Gasteiger partial charge in [-0.05, 0) is 31.2 Å². The smallest absolute Gasteiger partial charge is 0.237 e. The Balaban J connectivity index is 1.92. The number of amides is 1. The maximum atomic E-state index is 12.0. The zero-order valence-corrected chi connectivity index (χ0v) is 12.1. The molecule has 5 nitrogen and oxygen atoms in total. The van der Waals surface area contributed by atoms with Gasteiger partial charge in [-0.1, -0.05) is 23.1 Å². The monoisotopic (exact) mass is 295 g/mol. The zero-order valence-electron chi connectivity index (χ0n) is 10.5. The first-order valence-electron chi connectivity index (χ1n) is 5.57. The number of benzene rings is 1. The van der Waals surface area contributed by atoms with Crippen LogP contribution in [0.4, 0.5) is 5.69 Å². The normalized spacial score (nSPS) is 11.9. The average molecular weight is 295 g/mol. The van der Waals surface area contributed by atoms with E-state index in [9.17, 15) is 4.79 Å². The third-order valence-corrected chi connectivity index (χ3v) is 4.26. The molecule has 0 spiro atoms. The Hall–Kier alpha value is -1.60. The highest BCUT2D eigenvalue weighted by Gasteiger charge is 2.16. The van der Waals surface area contributed by atoms with Crippen molar-refractivity contribution in [3.8, 4) is 5.75 Å². The Morgan fingerprint density at radius 2 is 2.16 bits per heavy atom. The van der Waals surface area contributed by atoms with E-state index in [4.69, 9.17) is 4.74 Å². The summed E-state index contributed by atoms with van der Waals surface area (Å²) in [6, 6.07) is 7.22. The predicted octanol–water partition coefficient (Wildman–Crippen LogP) is 2.67. The molecule has 1 amide bonds. The van der Waals surface area contributed by atoms with Crippen molar-refractivity contribution in [3.63, 3.8) is 0 Å². The van der Waals surface area contributed by atoms with Crippen LogP contribution in [-0.4, -0.2) is 28.5 Å². The van der Waals surface area contributed by atoms with Crippen molar-refractivity contribution < 1.29 is 9.53 Å². The third kappa shape index (κ3) is 3.93. The van der Waals surface area contributed by atoms with Crippen molar-refractivity contribution in [2.45, 2.75) is 16.5 Å². The number of nitrogens with one attached hydrogen (secondary N) is 1. The highest BCUT2D eigenvalue weighted by molar-refractivity contribution is 8.02. The van der Waals surface area contributed by atoms with E-state index in [2.05, 4.69) is 15.5 Å². The van der Waals surface area contributed by atoms with Crippen LogP contribution in [-0.2, 0) is 4.79 Å². The molecule has 0 saturated carbocycles. The van der Waals surface area contributed by atoms with E-state index in [0.29, 0.717) is 0 Å². The van der Waals surface area contributed by atoms with Crippen LogP contribution in [0.1, 0.15) is 6.92 Å². The van der Waals surface area contributed by atoms with Crippen LogP contribution in [0.2, 0.25) is 0 Å². The van der Waals surface area contributed by atoms with Crippen LogP contribution >= 0.6 is 23.1 Å². The SMILES string of the molecule is COc1ccc(NC(=O)[C@@H](C)Sc2nncs2)cc1. The van der Waals surface area contributed by atoms with Gasteiger partial charge in [0.25, 0.3) is 0 Å². The molecule has 2 aromatic rings. The van der Waals surface area contributed by atoms with Crippen molar-refractivity contribution >= 4 is 34.7 Å². The summed E-state index contributed by atoms with van der Waals surface area (Å²) >= 11 is 2.82. The molecule has 0 aliphatic rings. The number of hydrogen-bond donors (Lipinski definition) is 1. The van der Waals surface area contributed by atoms with Gasteiger partial charge in [0.15, 0.2) is 4.34 Å². The zero-order chi connectivity index (χ0) is 13.7. The second-order valence-corrected chi connectivity index (χ2v) is 6.10. The summed E-state index contributed by atoms with van der Waals surface area (Å²) in [7, 11) is 1.61. The largest absolute Gasteiger partial charge is 0.497 e. The topological polar surface area (TPSA) is 64.1 Å². The van der Waals surface area contributed by atoms with E-state index in [-0.39, 0.29) is 11.2 Å². The number of carbonyl (C=O) groups excluding carboxylic acids is 1. The minimum atomic E-state index is -0.227. The summed E-state index contributed by atoms with van der Waals surface area (Å²) in [6.07, 6.45) is 0. The van der Waals surface area contributed by atoms with E-state index in [1.807, 2.05) is 6.92 Å². The lowest BCUT2D eigenvalue weighted by Crippen LogP contribution is -2.22. The molecule has 100 valence electrons. The number of ether oxygens (including phenoxy) is 1. The first-order chi connectivity index (χ1) is 9.19. The molecule has 2 rings (SSSR count). The van der Waals surface area contributed by atoms with Gasteiger partial charge in [-0.25, -0.2) is 0 Å². The molecule has 0 saturated heterocycles. The van der Waals surface area contributed by atoms with Crippen molar-refractivity contribution in [3.05, 3.63) is 29.8 Å². The number of anilines is 1. The van der Waals surface area contributed by atoms with Gasteiger partial charge in [0.2, 0.25) is 5.91 Å². The molecule has 0 unspecified atom stereocenters. The molecule has 1 N–H and O–H groups in total. The van der Waals surface area contributed by atoms with Crippen LogP contribution < -0.4 is 10.1 Å². The summed E-state index contributed by atoms with van der Waals surface area (Å²) in [5.41, 5.74) is 2.40. The summed E-state index contributed by atoms with van der Waals surface area (Å²) in [5.74, 6) is 0.694. The van der Waals surface area contributed by atoms with E-state index >= 15 is 0 Å². The van der Waals surface area contributed by atoms with Crippen LogP contribution in [0.15, 0.2) is 34.1 Å². The Morgan fingerprint density at radius 1 is 1.42 bits per heavy atom. The molecular formula is C12H13N3O2S2. The molecule has 0 aliphatic heterocycles. The number of methoxy groups -OCH3 is 1. The molecule has 0 fully saturated rings. The highest BCUT2D eigenvalue weighted by Crippen LogP contribution is 2.25. The molecule has 7 heteroatoms. The average Bonchev–Trinajstić information content (AvgIpc) is 2.92. The number of nitrogens with zero attached hydrogens (tertiary/aromatic N) is 2. The predicted molar refractivity (Wildman–Crippen MR) is 76.9 cm³/mol. The fourth-order valence-electron chi connectivity index (χ4n) is 1.34. The van der Waals surface area contributed by atoms with Crippen molar-refractivity contribution in [2.75, 3.05) is 12.4 Å². The maximum absolute atomic E-state index is 12.0.